The minimum atomic E-state index is -4.89. The summed E-state index contributed by atoms with van der Waals surface area (Å²) in [5.41, 5.74) is -1.63. The number of nitrogens with one attached hydrogen (secondary N) is 5. The molecule has 3 aliphatic heterocycles. The highest BCUT2D eigenvalue weighted by atomic mass is 32.2. The first-order chi connectivity index (χ1) is 22.4. The Hall–Kier alpha value is -2.99. The third kappa shape index (κ3) is 11.3. The Labute approximate surface area is 274 Å². The molecule has 0 radical (unpaired) electrons. The van der Waals surface area contributed by atoms with Crippen molar-refractivity contribution >= 4 is 43.5 Å². The molecule has 4 unspecified atom stereocenters. The molecule has 4 heterocycles. The van der Waals surface area contributed by atoms with Gasteiger partial charge in [0.15, 0.2) is 0 Å². The van der Waals surface area contributed by atoms with E-state index in [9.17, 15) is 33.6 Å². The second-order valence-corrected chi connectivity index (χ2v) is 14.2. The van der Waals surface area contributed by atoms with Crippen LogP contribution in [-0.2, 0) is 23.4 Å². The summed E-state index contributed by atoms with van der Waals surface area (Å²) in [6, 6.07) is 0.313. The highest BCUT2D eigenvalue weighted by Crippen LogP contribution is 2.43. The summed E-state index contributed by atoms with van der Waals surface area (Å²) in [5.74, 6) is 0.519. The Balaban J connectivity index is 1.07. The molecule has 3 fully saturated rings. The van der Waals surface area contributed by atoms with Crippen LogP contribution in [0.25, 0.3) is 6.08 Å². The molecule has 17 nitrogen and oxygen atoms in total. The molecule has 0 spiro atoms. The Kier molecular flexibility index (Phi) is 13.7. The van der Waals surface area contributed by atoms with Crippen LogP contribution in [0.15, 0.2) is 21.9 Å². The Morgan fingerprint density at radius 1 is 1.09 bits per heavy atom. The van der Waals surface area contributed by atoms with Crippen molar-refractivity contribution in [2.45, 2.75) is 93.6 Å². The molecule has 0 aromatic carbocycles. The Bertz CT molecular complexity index is 1450. The van der Waals surface area contributed by atoms with E-state index in [1.807, 2.05) is 11.8 Å². The molecule has 0 bridgehead atoms. The highest BCUT2D eigenvalue weighted by molar-refractivity contribution is 8.00. The van der Waals surface area contributed by atoms with Crippen molar-refractivity contribution < 1.29 is 43.1 Å². The smallest absolute Gasteiger partial charge is 0.394 e. The van der Waals surface area contributed by atoms with E-state index in [2.05, 4.69) is 30.8 Å². The first kappa shape index (κ1) is 36.8. The Morgan fingerprint density at radius 3 is 2.55 bits per heavy atom. The number of rotatable bonds is 18. The van der Waals surface area contributed by atoms with Crippen molar-refractivity contribution in [2.75, 3.05) is 25.4 Å². The number of aromatic nitrogens is 2. The number of thioether (sulfide) groups is 1. The first-order valence-corrected chi connectivity index (χ1v) is 18.3. The summed E-state index contributed by atoms with van der Waals surface area (Å²) < 4.78 is 22.4. The number of aromatic amines is 1. The van der Waals surface area contributed by atoms with Gasteiger partial charge in [-0.2, -0.15) is 11.8 Å². The van der Waals surface area contributed by atoms with Crippen LogP contribution >= 0.6 is 19.6 Å². The number of carbonyl (C=O) groups is 3. The molecule has 0 aliphatic carbocycles. The van der Waals surface area contributed by atoms with Gasteiger partial charge in [-0.05, 0) is 31.8 Å². The summed E-state index contributed by atoms with van der Waals surface area (Å²) in [6.45, 7) is 0.382. The van der Waals surface area contributed by atoms with Gasteiger partial charge in [0.1, 0.15) is 18.4 Å². The molecule has 6 atom stereocenters. The fourth-order valence-electron chi connectivity index (χ4n) is 5.79. The van der Waals surface area contributed by atoms with E-state index in [1.54, 1.807) is 0 Å². The lowest BCUT2D eigenvalue weighted by Gasteiger charge is -2.16. The van der Waals surface area contributed by atoms with Crippen LogP contribution in [0.2, 0.25) is 0 Å². The zero-order chi connectivity index (χ0) is 34.0. The number of aliphatic hydroxyl groups excluding tert-OH is 1. The predicted octanol–water partition coefficient (Wildman–Crippen LogP) is -0.174. The van der Waals surface area contributed by atoms with Crippen LogP contribution in [-0.4, -0.2) is 97.3 Å². The maximum absolute atomic E-state index is 12.4. The summed E-state index contributed by atoms with van der Waals surface area (Å²) in [6.07, 6.45) is 6.44. The normalized spacial score (nSPS) is 25.5. The molecule has 1 aromatic rings. The largest absolute Gasteiger partial charge is 0.469 e. The number of phosphoric ester groups is 1. The molecular weight excluding hydrogens is 659 g/mol. The van der Waals surface area contributed by atoms with Crippen LogP contribution in [0.4, 0.5) is 4.79 Å². The molecule has 3 aliphatic rings. The van der Waals surface area contributed by atoms with Crippen LogP contribution in [0.1, 0.15) is 69.6 Å². The number of phosphoric acid groups is 1. The monoisotopic (exact) mass is 702 g/mol. The van der Waals surface area contributed by atoms with Gasteiger partial charge in [0.25, 0.3) is 5.56 Å². The number of aliphatic hydroxyl groups is 1. The van der Waals surface area contributed by atoms with Crippen LogP contribution in [0, 0.1) is 0 Å². The number of amides is 4. The van der Waals surface area contributed by atoms with Gasteiger partial charge in [-0.3, -0.25) is 28.5 Å². The van der Waals surface area contributed by atoms with Gasteiger partial charge in [-0.15, -0.1) is 0 Å². The standard InChI is InChI=1S/C28H43N6O11PS/c35-15-20-19(45-46(41,42)43)13-24(44-20)34-14-17(26(38)33-28(34)40)9-10-23(37)30-12-6-2-1-5-11-29-22(36)8-4-3-7-21-25-18(16-47-21)31-27(39)32-25/h9-10,14,18-21,24-25,35H,1-8,11-13,15-16H2,(H,29,36)(H,30,37)(H2,31,32,39)(H,33,38,40)(H2,41,42,43)/t18?,19?,20-,21?,24-,25?/m1/s1. The first-order valence-electron chi connectivity index (χ1n) is 15.7. The van der Waals surface area contributed by atoms with Gasteiger partial charge < -0.3 is 40.9 Å². The summed E-state index contributed by atoms with van der Waals surface area (Å²) in [4.78, 5) is 80.8. The molecule has 0 saturated carbocycles. The zero-order valence-corrected chi connectivity index (χ0v) is 27.5. The highest BCUT2D eigenvalue weighted by Gasteiger charge is 2.43. The van der Waals surface area contributed by atoms with Crippen molar-refractivity contribution in [3.8, 4) is 0 Å². The van der Waals surface area contributed by atoms with Gasteiger partial charge in [0, 0.05) is 49.2 Å². The summed E-state index contributed by atoms with van der Waals surface area (Å²) >= 11 is 1.87. The number of nitrogens with zero attached hydrogens (tertiary/aromatic N) is 1. The molecule has 19 heteroatoms. The van der Waals surface area contributed by atoms with Crippen LogP contribution in [0.5, 0.6) is 0 Å². The quantitative estimate of drug-likeness (QED) is 0.0430. The zero-order valence-electron chi connectivity index (χ0n) is 25.8. The molecule has 3 saturated heterocycles. The van der Waals surface area contributed by atoms with Crippen molar-refractivity contribution in [3.05, 3.63) is 38.7 Å². The molecule has 1 aromatic heterocycles. The second-order valence-electron chi connectivity index (χ2n) is 11.7. The SMILES string of the molecule is O=C(C=Cc1cn([C@H]2CC(OP(=O)(O)O)[C@@H](CO)O2)c(=O)[nH]c1=O)NCCCCCCNC(=O)CCCCC1SCC2NC(=O)NC21. The molecular formula is C28H43N6O11PS. The van der Waals surface area contributed by atoms with Gasteiger partial charge >= 0.3 is 19.5 Å². The summed E-state index contributed by atoms with van der Waals surface area (Å²) in [7, 11) is -4.89. The van der Waals surface area contributed by atoms with E-state index < -0.39 is 50.0 Å². The van der Waals surface area contributed by atoms with Gasteiger partial charge in [-0.25, -0.2) is 14.2 Å². The van der Waals surface area contributed by atoms with E-state index in [-0.39, 0.29) is 36.0 Å². The molecule has 4 rings (SSSR count). The average Bonchev–Trinajstić information content (AvgIpc) is 3.69. The number of fused-ring (bicyclic) bond motifs is 1. The van der Waals surface area contributed by atoms with E-state index >= 15 is 0 Å². The number of ether oxygens (including phenoxy) is 1. The topological polar surface area (TPSA) is 250 Å². The van der Waals surface area contributed by atoms with Crippen LogP contribution in [0.3, 0.4) is 0 Å². The molecule has 4 amide bonds. The second kappa shape index (κ2) is 17.4. The number of hydrogen-bond donors (Lipinski definition) is 8. The van der Waals surface area contributed by atoms with Gasteiger partial charge in [0.2, 0.25) is 11.8 Å². The van der Waals surface area contributed by atoms with Crippen molar-refractivity contribution in [1.82, 2.24) is 30.8 Å². The lowest BCUT2D eigenvalue weighted by atomic mass is 10.0. The lowest BCUT2D eigenvalue weighted by molar-refractivity contribution is -0.121. The molecule has 47 heavy (non-hydrogen) atoms. The number of urea groups is 1. The van der Waals surface area contributed by atoms with E-state index in [4.69, 9.17) is 14.5 Å². The maximum atomic E-state index is 12.4. The number of carbonyl (C=O) groups excluding carboxylic acids is 3. The predicted molar refractivity (Wildman–Crippen MR) is 171 cm³/mol. The van der Waals surface area contributed by atoms with Crippen LogP contribution < -0.4 is 32.5 Å². The van der Waals surface area contributed by atoms with E-state index in [1.165, 1.54) is 6.08 Å². The minimum absolute atomic E-state index is 0.0344. The average molecular weight is 703 g/mol. The van der Waals surface area contributed by atoms with Crippen molar-refractivity contribution in [1.29, 1.82) is 0 Å². The number of unbranched alkanes of at least 4 members (excludes halogenated alkanes) is 4. The number of hydrogen-bond acceptors (Lipinski definition) is 10. The summed E-state index contributed by atoms with van der Waals surface area (Å²) in [5, 5.41) is 21.5. The maximum Gasteiger partial charge on any atom is 0.469 e. The molecule has 262 valence electrons. The molecule has 8 N–H and O–H groups in total. The Morgan fingerprint density at radius 2 is 1.83 bits per heavy atom. The van der Waals surface area contributed by atoms with Crippen molar-refractivity contribution in [2.24, 2.45) is 0 Å². The van der Waals surface area contributed by atoms with Gasteiger partial charge in [-0.1, -0.05) is 19.3 Å². The van der Waals surface area contributed by atoms with E-state index in [0.29, 0.717) is 24.8 Å². The lowest BCUT2D eigenvalue weighted by Crippen LogP contribution is -2.36. The third-order valence-electron chi connectivity index (χ3n) is 8.16. The fourth-order valence-corrected chi connectivity index (χ4v) is 7.90. The number of H-pyrrole nitrogens is 1. The van der Waals surface area contributed by atoms with E-state index in [0.717, 1.165) is 67.5 Å². The fraction of sp³-hybridized carbons (Fsp3) is 0.679. The minimum Gasteiger partial charge on any atom is -0.394 e. The van der Waals surface area contributed by atoms with Crippen molar-refractivity contribution in [3.63, 3.8) is 0 Å². The third-order valence-corrected chi connectivity index (χ3v) is 10.2. The van der Waals surface area contributed by atoms with Gasteiger partial charge in [0.05, 0.1) is 24.3 Å².